The molecule has 108 valence electrons. The number of rotatable bonds is 4. The van der Waals surface area contributed by atoms with Crippen LogP contribution >= 0.6 is 0 Å². The summed E-state index contributed by atoms with van der Waals surface area (Å²) in [6.07, 6.45) is 0.703. The van der Waals surface area contributed by atoms with Gasteiger partial charge in [-0.15, -0.1) is 0 Å². The Balaban J connectivity index is 2.03. The van der Waals surface area contributed by atoms with Crippen molar-refractivity contribution in [2.75, 3.05) is 0 Å². The summed E-state index contributed by atoms with van der Waals surface area (Å²) in [6.45, 7) is 0. The van der Waals surface area contributed by atoms with Crippen molar-refractivity contribution in [1.29, 1.82) is 0 Å². The lowest BCUT2D eigenvalue weighted by molar-refractivity contribution is -0.384. The fourth-order valence-corrected chi connectivity index (χ4v) is 2.15. The molecular formula is C16H9NO5. The van der Waals surface area contributed by atoms with Crippen LogP contribution in [0, 0.1) is 10.1 Å². The summed E-state index contributed by atoms with van der Waals surface area (Å²) in [5.41, 5.74) is 0.955. The first-order valence-electron chi connectivity index (χ1n) is 6.36. The zero-order valence-electron chi connectivity index (χ0n) is 11.2. The van der Waals surface area contributed by atoms with E-state index in [2.05, 4.69) is 0 Å². The van der Waals surface area contributed by atoms with Gasteiger partial charge >= 0.3 is 0 Å². The maximum atomic E-state index is 12.4. The Kier molecular flexibility index (Phi) is 3.27. The van der Waals surface area contributed by atoms with Gasteiger partial charge in [0.05, 0.1) is 4.92 Å². The lowest BCUT2D eigenvalue weighted by Crippen LogP contribution is -2.00. The van der Waals surface area contributed by atoms with Crippen LogP contribution < -0.4 is 0 Å². The summed E-state index contributed by atoms with van der Waals surface area (Å²) in [4.78, 5) is 33.3. The van der Waals surface area contributed by atoms with E-state index in [1.54, 1.807) is 18.2 Å². The minimum Gasteiger partial charge on any atom is -0.453 e. The Morgan fingerprint density at radius 2 is 1.95 bits per heavy atom. The van der Waals surface area contributed by atoms with Gasteiger partial charge in [-0.1, -0.05) is 12.1 Å². The molecule has 0 aliphatic heterocycles. The Hall–Kier alpha value is -3.28. The molecule has 6 nitrogen and oxygen atoms in total. The molecule has 0 aliphatic carbocycles. The van der Waals surface area contributed by atoms with E-state index in [0.717, 1.165) is 0 Å². The number of ketones is 1. The zero-order chi connectivity index (χ0) is 15.7. The monoisotopic (exact) mass is 295 g/mol. The van der Waals surface area contributed by atoms with Crippen molar-refractivity contribution in [3.05, 3.63) is 75.5 Å². The Bertz CT molecular complexity index is 910. The van der Waals surface area contributed by atoms with Gasteiger partial charge in [0.2, 0.25) is 5.78 Å². The summed E-state index contributed by atoms with van der Waals surface area (Å²) in [7, 11) is 0. The SMILES string of the molecule is O=Cc1ccc2oc(C(=O)c3cccc([N+](=O)[O-])c3)cc2c1. The molecule has 0 amide bonds. The van der Waals surface area contributed by atoms with Crippen LogP contribution in [-0.2, 0) is 0 Å². The molecule has 0 bridgehead atoms. The van der Waals surface area contributed by atoms with E-state index < -0.39 is 10.7 Å². The van der Waals surface area contributed by atoms with E-state index in [4.69, 9.17) is 4.42 Å². The maximum absolute atomic E-state index is 12.4. The van der Waals surface area contributed by atoms with Crippen molar-refractivity contribution in [3.8, 4) is 0 Å². The maximum Gasteiger partial charge on any atom is 0.270 e. The second-order valence-electron chi connectivity index (χ2n) is 4.66. The normalized spacial score (nSPS) is 10.5. The van der Waals surface area contributed by atoms with Gasteiger partial charge in [-0.3, -0.25) is 19.7 Å². The number of aldehydes is 1. The second-order valence-corrected chi connectivity index (χ2v) is 4.66. The molecule has 3 aromatic rings. The van der Waals surface area contributed by atoms with Crippen molar-refractivity contribution < 1.29 is 18.9 Å². The Labute approximate surface area is 124 Å². The largest absolute Gasteiger partial charge is 0.453 e. The number of carbonyl (C=O) groups excluding carboxylic acids is 2. The molecule has 22 heavy (non-hydrogen) atoms. The van der Waals surface area contributed by atoms with Crippen LogP contribution in [0.2, 0.25) is 0 Å². The van der Waals surface area contributed by atoms with Gasteiger partial charge in [0.1, 0.15) is 11.9 Å². The number of nitro groups is 1. The predicted molar refractivity (Wildman–Crippen MR) is 78.1 cm³/mol. The third-order valence-electron chi connectivity index (χ3n) is 3.22. The van der Waals surface area contributed by atoms with E-state index in [0.29, 0.717) is 22.8 Å². The highest BCUT2D eigenvalue weighted by molar-refractivity contribution is 6.09. The van der Waals surface area contributed by atoms with Crippen LogP contribution in [0.25, 0.3) is 11.0 Å². The van der Waals surface area contributed by atoms with Crippen molar-refractivity contribution in [2.45, 2.75) is 0 Å². The second kappa shape index (κ2) is 5.25. The lowest BCUT2D eigenvalue weighted by atomic mass is 10.1. The van der Waals surface area contributed by atoms with E-state index in [-0.39, 0.29) is 17.0 Å². The summed E-state index contributed by atoms with van der Waals surface area (Å²) < 4.78 is 5.45. The van der Waals surface area contributed by atoms with Gasteiger partial charge in [-0.05, 0) is 24.3 Å². The van der Waals surface area contributed by atoms with E-state index in [1.807, 2.05) is 0 Å². The first-order valence-corrected chi connectivity index (χ1v) is 6.36. The van der Waals surface area contributed by atoms with E-state index in [9.17, 15) is 19.7 Å². The molecule has 6 heteroatoms. The van der Waals surface area contributed by atoms with Gasteiger partial charge in [0.15, 0.2) is 5.76 Å². The van der Waals surface area contributed by atoms with Crippen molar-refractivity contribution in [1.82, 2.24) is 0 Å². The molecule has 2 aromatic carbocycles. The van der Waals surface area contributed by atoms with Crippen LogP contribution in [0.3, 0.4) is 0 Å². The molecule has 0 unspecified atom stereocenters. The summed E-state index contributed by atoms with van der Waals surface area (Å²) in [5.74, 6) is -0.383. The van der Waals surface area contributed by atoms with Gasteiger partial charge in [-0.2, -0.15) is 0 Å². The highest BCUT2D eigenvalue weighted by Gasteiger charge is 2.17. The third-order valence-corrected chi connectivity index (χ3v) is 3.22. The standard InChI is InChI=1S/C16H9NO5/c18-9-10-4-5-14-12(6-10)8-15(22-14)16(19)11-2-1-3-13(7-11)17(20)21/h1-9H. The Morgan fingerprint density at radius 3 is 2.68 bits per heavy atom. The molecule has 0 saturated carbocycles. The summed E-state index contributed by atoms with van der Waals surface area (Å²) >= 11 is 0. The third kappa shape index (κ3) is 2.37. The van der Waals surface area contributed by atoms with Crippen molar-refractivity contribution in [2.24, 2.45) is 0 Å². The minimum atomic E-state index is -0.564. The van der Waals surface area contributed by atoms with Crippen LogP contribution in [0.15, 0.2) is 52.9 Å². The zero-order valence-corrected chi connectivity index (χ0v) is 11.2. The number of hydrogen-bond acceptors (Lipinski definition) is 5. The molecule has 0 spiro atoms. The molecule has 0 saturated heterocycles. The first kappa shape index (κ1) is 13.7. The topological polar surface area (TPSA) is 90.4 Å². The van der Waals surface area contributed by atoms with Gasteiger partial charge < -0.3 is 4.42 Å². The molecule has 0 aliphatic rings. The van der Waals surface area contributed by atoms with Crippen molar-refractivity contribution in [3.63, 3.8) is 0 Å². The van der Waals surface area contributed by atoms with Crippen LogP contribution in [0.1, 0.15) is 26.5 Å². The molecule has 1 heterocycles. The summed E-state index contributed by atoms with van der Waals surface area (Å²) in [6, 6.07) is 11.7. The average molecular weight is 295 g/mol. The molecule has 0 N–H and O–H groups in total. The molecule has 0 radical (unpaired) electrons. The molecule has 0 atom stereocenters. The summed E-state index contributed by atoms with van der Waals surface area (Å²) in [5, 5.41) is 11.4. The highest BCUT2D eigenvalue weighted by Crippen LogP contribution is 2.23. The van der Waals surface area contributed by atoms with E-state index in [1.165, 1.54) is 30.3 Å². The van der Waals surface area contributed by atoms with Gasteiger partial charge in [0.25, 0.3) is 5.69 Å². The molecule has 3 rings (SSSR count). The predicted octanol–water partition coefficient (Wildman–Crippen LogP) is 3.38. The molecule has 0 fully saturated rings. The quantitative estimate of drug-likeness (QED) is 0.318. The Morgan fingerprint density at radius 1 is 1.14 bits per heavy atom. The first-order chi connectivity index (χ1) is 10.6. The number of fused-ring (bicyclic) bond motifs is 1. The number of non-ortho nitro benzene ring substituents is 1. The average Bonchev–Trinajstić information content (AvgIpc) is 2.97. The molecular weight excluding hydrogens is 286 g/mol. The highest BCUT2D eigenvalue weighted by atomic mass is 16.6. The van der Waals surface area contributed by atoms with Crippen LogP contribution in [0.4, 0.5) is 5.69 Å². The van der Waals surface area contributed by atoms with Crippen LogP contribution in [0.5, 0.6) is 0 Å². The smallest absolute Gasteiger partial charge is 0.270 e. The fourth-order valence-electron chi connectivity index (χ4n) is 2.15. The van der Waals surface area contributed by atoms with Gasteiger partial charge in [-0.25, -0.2) is 0 Å². The van der Waals surface area contributed by atoms with Crippen molar-refractivity contribution >= 4 is 28.7 Å². The minimum absolute atomic E-state index is 0.0681. The number of carbonyl (C=O) groups is 2. The number of hydrogen-bond donors (Lipinski definition) is 0. The number of nitro benzene ring substituents is 1. The van der Waals surface area contributed by atoms with Crippen LogP contribution in [-0.4, -0.2) is 17.0 Å². The fraction of sp³-hybridized carbons (Fsp3) is 0. The number of benzene rings is 2. The lowest BCUT2D eigenvalue weighted by Gasteiger charge is -1.97. The number of furan rings is 1. The van der Waals surface area contributed by atoms with Gasteiger partial charge in [0, 0.05) is 28.6 Å². The van der Waals surface area contributed by atoms with E-state index >= 15 is 0 Å². The number of nitrogens with zero attached hydrogens (tertiary/aromatic N) is 1. The molecule has 1 aromatic heterocycles.